The van der Waals surface area contributed by atoms with Crippen molar-refractivity contribution in [1.82, 2.24) is 19.8 Å². The molecule has 8 nitrogen and oxygen atoms in total. The largest absolute Gasteiger partial charge is 0.384 e. The van der Waals surface area contributed by atoms with Crippen LogP contribution in [0.2, 0.25) is 0 Å². The summed E-state index contributed by atoms with van der Waals surface area (Å²) in [6.45, 7) is 5.72. The predicted octanol–water partition coefficient (Wildman–Crippen LogP) is 0.150. The Hall–Kier alpha value is -1.77. The number of ether oxygens (including phenoxy) is 1. The third-order valence-corrected chi connectivity index (χ3v) is 4.96. The normalized spacial score (nSPS) is 24.5. The van der Waals surface area contributed by atoms with Gasteiger partial charge in [-0.15, -0.1) is 0 Å². The van der Waals surface area contributed by atoms with Crippen molar-refractivity contribution < 1.29 is 14.6 Å². The Morgan fingerprint density at radius 3 is 2.73 bits per heavy atom. The van der Waals surface area contributed by atoms with E-state index in [9.17, 15) is 9.90 Å². The Labute approximate surface area is 154 Å². The zero-order chi connectivity index (χ0) is 18.7. The first-order chi connectivity index (χ1) is 12.4. The molecule has 1 unspecified atom stereocenters. The molecule has 0 saturated carbocycles. The molecule has 2 aliphatic heterocycles. The summed E-state index contributed by atoms with van der Waals surface area (Å²) in [5, 5.41) is 11.1. The van der Waals surface area contributed by atoms with Crippen LogP contribution in [0.4, 0.5) is 5.95 Å². The van der Waals surface area contributed by atoms with Crippen molar-refractivity contribution in [1.29, 1.82) is 0 Å². The van der Waals surface area contributed by atoms with Gasteiger partial charge in [-0.3, -0.25) is 4.79 Å². The molecule has 0 bridgehead atoms. The molecule has 0 aliphatic carbocycles. The van der Waals surface area contributed by atoms with E-state index in [4.69, 9.17) is 4.74 Å². The van der Waals surface area contributed by atoms with Crippen molar-refractivity contribution in [2.24, 2.45) is 0 Å². The van der Waals surface area contributed by atoms with Gasteiger partial charge in [-0.1, -0.05) is 0 Å². The predicted molar refractivity (Wildman–Crippen MR) is 98.4 cm³/mol. The van der Waals surface area contributed by atoms with Crippen LogP contribution >= 0.6 is 0 Å². The minimum Gasteiger partial charge on any atom is -0.384 e. The monoisotopic (exact) mass is 363 g/mol. The molecule has 26 heavy (non-hydrogen) atoms. The molecule has 1 aromatic heterocycles. The number of likely N-dealkylation sites (tertiary alicyclic amines) is 1. The number of hydrogen-bond acceptors (Lipinski definition) is 7. The molecule has 144 valence electrons. The van der Waals surface area contributed by atoms with Gasteiger partial charge in [0.05, 0.1) is 31.0 Å². The van der Waals surface area contributed by atoms with E-state index in [0.29, 0.717) is 36.9 Å². The van der Waals surface area contributed by atoms with Gasteiger partial charge in [0.2, 0.25) is 5.95 Å². The number of β-amino-alcohol motifs (C(OH)–C–C–N with tert-alkyl or cyclic N) is 1. The number of rotatable bonds is 4. The fourth-order valence-electron chi connectivity index (χ4n) is 3.59. The summed E-state index contributed by atoms with van der Waals surface area (Å²) in [6.07, 6.45) is 3.90. The Balaban J connectivity index is 1.75. The fourth-order valence-corrected chi connectivity index (χ4v) is 3.59. The lowest BCUT2D eigenvalue weighted by atomic mass is 10.0. The van der Waals surface area contributed by atoms with Crippen LogP contribution < -0.4 is 4.90 Å². The summed E-state index contributed by atoms with van der Waals surface area (Å²) in [5.41, 5.74) is 0.0671. The maximum atomic E-state index is 13.0. The zero-order valence-corrected chi connectivity index (χ0v) is 15.9. The Kier molecular flexibility index (Phi) is 5.74. The van der Waals surface area contributed by atoms with Crippen LogP contribution in [-0.4, -0.2) is 96.4 Å². The number of carbonyl (C=O) groups excluding carboxylic acids is 1. The van der Waals surface area contributed by atoms with Crippen LogP contribution in [-0.2, 0) is 4.74 Å². The van der Waals surface area contributed by atoms with E-state index < -0.39 is 5.60 Å². The van der Waals surface area contributed by atoms with Crippen molar-refractivity contribution in [2.75, 3.05) is 64.9 Å². The highest BCUT2D eigenvalue weighted by molar-refractivity contribution is 5.95. The molecule has 2 fully saturated rings. The molecule has 8 heteroatoms. The van der Waals surface area contributed by atoms with Gasteiger partial charge in [-0.2, -0.15) is 0 Å². The van der Waals surface area contributed by atoms with Crippen molar-refractivity contribution >= 4 is 11.9 Å². The number of carbonyl (C=O) groups is 1. The van der Waals surface area contributed by atoms with E-state index in [2.05, 4.69) is 14.9 Å². The van der Waals surface area contributed by atoms with Gasteiger partial charge >= 0.3 is 0 Å². The van der Waals surface area contributed by atoms with Gasteiger partial charge in [0, 0.05) is 33.4 Å². The molecule has 2 saturated heterocycles. The van der Waals surface area contributed by atoms with Crippen LogP contribution in [0.15, 0.2) is 6.20 Å². The average Bonchev–Trinajstić information content (AvgIpc) is 3.01. The molecule has 1 aromatic rings. The average molecular weight is 363 g/mol. The number of aliphatic hydroxyl groups is 1. The van der Waals surface area contributed by atoms with Crippen molar-refractivity contribution in [3.63, 3.8) is 0 Å². The summed E-state index contributed by atoms with van der Waals surface area (Å²) < 4.78 is 5.61. The highest BCUT2D eigenvalue weighted by atomic mass is 16.5. The standard InChI is InChI=1S/C18H29N5O3/c1-14-15(10-19-17(20-14)21(2)3)16(24)23-8-9-26-13-18(25,12-23)11-22-6-4-5-7-22/h10,25H,4-9,11-13H2,1-3H3. The van der Waals surface area contributed by atoms with Gasteiger partial charge in [0.25, 0.3) is 5.91 Å². The molecule has 1 N–H and O–H groups in total. The van der Waals surface area contributed by atoms with E-state index >= 15 is 0 Å². The molecule has 0 spiro atoms. The first-order valence-corrected chi connectivity index (χ1v) is 9.21. The number of aromatic nitrogens is 2. The molecular weight excluding hydrogens is 334 g/mol. The van der Waals surface area contributed by atoms with Crippen LogP contribution in [0.1, 0.15) is 28.9 Å². The fraction of sp³-hybridized carbons (Fsp3) is 0.722. The minimum absolute atomic E-state index is 0.154. The van der Waals surface area contributed by atoms with E-state index in [1.165, 1.54) is 0 Å². The highest BCUT2D eigenvalue weighted by Gasteiger charge is 2.37. The second-order valence-electron chi connectivity index (χ2n) is 7.55. The Morgan fingerprint density at radius 1 is 1.35 bits per heavy atom. The third-order valence-electron chi connectivity index (χ3n) is 4.96. The topological polar surface area (TPSA) is 82.0 Å². The molecule has 2 aliphatic rings. The van der Waals surface area contributed by atoms with Gasteiger partial charge in [-0.25, -0.2) is 9.97 Å². The van der Waals surface area contributed by atoms with Gasteiger partial charge in [0.15, 0.2) is 0 Å². The minimum atomic E-state index is -1.05. The lowest BCUT2D eigenvalue weighted by Crippen LogP contribution is -2.53. The number of aryl methyl sites for hydroxylation is 1. The maximum absolute atomic E-state index is 13.0. The van der Waals surface area contributed by atoms with Crippen molar-refractivity contribution in [3.8, 4) is 0 Å². The quantitative estimate of drug-likeness (QED) is 0.815. The molecule has 1 atom stereocenters. The summed E-state index contributed by atoms with van der Waals surface area (Å²) in [7, 11) is 3.72. The Morgan fingerprint density at radius 2 is 2.08 bits per heavy atom. The van der Waals surface area contributed by atoms with Gasteiger partial charge in [0.1, 0.15) is 5.60 Å². The SMILES string of the molecule is Cc1nc(N(C)C)ncc1C(=O)N1CCOCC(O)(CN2CCCC2)C1. The number of nitrogens with zero attached hydrogens (tertiary/aromatic N) is 5. The van der Waals surface area contributed by atoms with Crippen LogP contribution in [0, 0.1) is 6.92 Å². The van der Waals surface area contributed by atoms with E-state index in [0.717, 1.165) is 25.9 Å². The molecular formula is C18H29N5O3. The summed E-state index contributed by atoms with van der Waals surface area (Å²) in [6, 6.07) is 0. The molecule has 0 radical (unpaired) electrons. The molecule has 3 heterocycles. The second kappa shape index (κ2) is 7.85. The molecule has 3 rings (SSSR count). The number of anilines is 1. The summed E-state index contributed by atoms with van der Waals surface area (Å²) in [4.78, 5) is 27.4. The smallest absolute Gasteiger partial charge is 0.257 e. The lowest BCUT2D eigenvalue weighted by Gasteiger charge is -2.34. The number of hydrogen-bond donors (Lipinski definition) is 1. The highest BCUT2D eigenvalue weighted by Crippen LogP contribution is 2.20. The summed E-state index contributed by atoms with van der Waals surface area (Å²) >= 11 is 0. The third kappa shape index (κ3) is 4.31. The first kappa shape index (κ1) is 19.0. The van der Waals surface area contributed by atoms with E-state index in [1.54, 1.807) is 16.0 Å². The van der Waals surface area contributed by atoms with Crippen LogP contribution in [0.25, 0.3) is 0 Å². The Bertz CT molecular complexity index is 648. The van der Waals surface area contributed by atoms with Crippen LogP contribution in [0.3, 0.4) is 0 Å². The van der Waals surface area contributed by atoms with Crippen molar-refractivity contribution in [3.05, 3.63) is 17.5 Å². The lowest BCUT2D eigenvalue weighted by molar-refractivity contribution is -0.0524. The number of amides is 1. The first-order valence-electron chi connectivity index (χ1n) is 9.21. The summed E-state index contributed by atoms with van der Waals surface area (Å²) in [5.74, 6) is 0.418. The molecule has 0 aromatic carbocycles. The van der Waals surface area contributed by atoms with E-state index in [1.807, 2.05) is 21.0 Å². The van der Waals surface area contributed by atoms with Gasteiger partial charge < -0.3 is 24.5 Å². The zero-order valence-electron chi connectivity index (χ0n) is 15.9. The van der Waals surface area contributed by atoms with Crippen molar-refractivity contribution in [2.45, 2.75) is 25.4 Å². The van der Waals surface area contributed by atoms with Crippen LogP contribution in [0.5, 0.6) is 0 Å². The second-order valence-corrected chi connectivity index (χ2v) is 7.55. The van der Waals surface area contributed by atoms with Gasteiger partial charge in [-0.05, 0) is 32.9 Å². The molecule has 1 amide bonds. The maximum Gasteiger partial charge on any atom is 0.257 e. The van der Waals surface area contributed by atoms with E-state index in [-0.39, 0.29) is 19.1 Å².